The summed E-state index contributed by atoms with van der Waals surface area (Å²) in [4.78, 5) is 0. The molecule has 2 heteroatoms. The van der Waals surface area contributed by atoms with Gasteiger partial charge in [0.2, 0.25) is 0 Å². The molecule has 238 valence electrons. The van der Waals surface area contributed by atoms with Gasteiger partial charge in [0.1, 0.15) is 0 Å². The molecule has 6 unspecified atom stereocenters. The van der Waals surface area contributed by atoms with Crippen molar-refractivity contribution in [3.63, 3.8) is 0 Å². The lowest BCUT2D eigenvalue weighted by atomic mass is 9.54. The standard InChI is InChI=1S/C44H52P2/c1-5-19-35(20-6-1)45(36-21-7-2-8-22-36)41-31-29-33-17-13-15-27-39(33)43(41)44-40-28-16-14-18-34(40)30-32-42(44)46(37-23-9-3-10-24-37)38-25-11-4-12-26-38/h1-12,19-26,33-34,39-44H,13-18,27-32H2/t33?,34?,39?,40?,41-,42-,43?,44?/m0/s1. The normalized spacial score (nSPS) is 31.3. The van der Waals surface area contributed by atoms with Gasteiger partial charge in [-0.2, -0.15) is 0 Å². The van der Waals surface area contributed by atoms with Gasteiger partial charge in [0.05, 0.1) is 0 Å². The van der Waals surface area contributed by atoms with Crippen molar-refractivity contribution in [2.45, 2.75) is 88.4 Å². The fraction of sp³-hybridized carbons (Fsp3) is 0.455. The molecule has 0 saturated heterocycles. The molecule has 4 aromatic rings. The fourth-order valence-corrected chi connectivity index (χ4v) is 17.5. The second kappa shape index (κ2) is 14.5. The van der Waals surface area contributed by atoms with E-state index < -0.39 is 15.8 Å². The average Bonchev–Trinajstić information content (AvgIpc) is 3.14. The van der Waals surface area contributed by atoms with E-state index in [9.17, 15) is 0 Å². The second-order valence-corrected chi connectivity index (χ2v) is 19.8. The molecule has 0 spiro atoms. The van der Waals surface area contributed by atoms with E-state index >= 15 is 0 Å². The van der Waals surface area contributed by atoms with Gasteiger partial charge in [-0.3, -0.25) is 0 Å². The highest BCUT2D eigenvalue weighted by Crippen LogP contribution is 2.64. The molecule has 46 heavy (non-hydrogen) atoms. The Morgan fingerprint density at radius 2 is 0.630 bits per heavy atom. The van der Waals surface area contributed by atoms with Gasteiger partial charge >= 0.3 is 0 Å². The lowest BCUT2D eigenvalue weighted by Gasteiger charge is -2.58. The third-order valence-corrected chi connectivity index (χ3v) is 18.7. The predicted octanol–water partition coefficient (Wildman–Crippen LogP) is 10.4. The summed E-state index contributed by atoms with van der Waals surface area (Å²) in [6, 6.07) is 47.4. The van der Waals surface area contributed by atoms with Gasteiger partial charge in [0.25, 0.3) is 0 Å². The van der Waals surface area contributed by atoms with E-state index in [4.69, 9.17) is 0 Å². The predicted molar refractivity (Wildman–Crippen MR) is 202 cm³/mol. The summed E-state index contributed by atoms with van der Waals surface area (Å²) in [5.74, 6) is 5.37. The minimum atomic E-state index is -0.430. The first kappa shape index (κ1) is 31.0. The van der Waals surface area contributed by atoms with E-state index in [1.807, 2.05) is 0 Å². The van der Waals surface area contributed by atoms with E-state index in [1.165, 1.54) is 77.0 Å². The van der Waals surface area contributed by atoms with Crippen LogP contribution in [-0.4, -0.2) is 11.3 Å². The van der Waals surface area contributed by atoms with Gasteiger partial charge < -0.3 is 0 Å². The molecule has 0 nitrogen and oxygen atoms in total. The van der Waals surface area contributed by atoms with Gasteiger partial charge in [-0.15, -0.1) is 0 Å². The van der Waals surface area contributed by atoms with Crippen molar-refractivity contribution in [3.05, 3.63) is 121 Å². The summed E-state index contributed by atoms with van der Waals surface area (Å²) in [6.45, 7) is 0. The van der Waals surface area contributed by atoms with E-state index in [0.29, 0.717) is 0 Å². The molecule has 0 aliphatic heterocycles. The van der Waals surface area contributed by atoms with Crippen molar-refractivity contribution in [1.82, 2.24) is 0 Å². The Hall–Kier alpha value is -2.26. The molecule has 0 heterocycles. The Balaban J connectivity index is 1.31. The molecule has 0 radical (unpaired) electrons. The summed E-state index contributed by atoms with van der Waals surface area (Å²) in [6.07, 6.45) is 17.5. The van der Waals surface area contributed by atoms with Crippen LogP contribution < -0.4 is 21.2 Å². The molecule has 4 saturated carbocycles. The highest BCUT2D eigenvalue weighted by Gasteiger charge is 2.54. The SMILES string of the molecule is c1ccc(P(c2ccccc2)[C@H]2CCC3CCCCC3C2C2C3CCCCC3CC[C@@H]2P(c2ccccc2)c2ccccc2)cc1. The molecule has 4 fully saturated rings. The Morgan fingerprint density at radius 3 is 0.957 bits per heavy atom. The van der Waals surface area contributed by atoms with Crippen LogP contribution >= 0.6 is 15.8 Å². The van der Waals surface area contributed by atoms with Gasteiger partial charge in [-0.25, -0.2) is 0 Å². The summed E-state index contributed by atoms with van der Waals surface area (Å²) in [7, 11) is -0.859. The lowest BCUT2D eigenvalue weighted by Crippen LogP contribution is -2.53. The first-order valence-corrected chi connectivity index (χ1v) is 21.5. The van der Waals surface area contributed by atoms with Crippen LogP contribution in [0.1, 0.15) is 77.0 Å². The summed E-state index contributed by atoms with van der Waals surface area (Å²) in [5.41, 5.74) is 1.55. The van der Waals surface area contributed by atoms with Crippen molar-refractivity contribution in [1.29, 1.82) is 0 Å². The van der Waals surface area contributed by atoms with E-state index in [2.05, 4.69) is 121 Å². The molecule has 8 atom stereocenters. The van der Waals surface area contributed by atoms with Crippen LogP contribution in [0.2, 0.25) is 0 Å². The number of hydrogen-bond acceptors (Lipinski definition) is 0. The topological polar surface area (TPSA) is 0 Å². The Morgan fingerprint density at radius 1 is 0.326 bits per heavy atom. The average molecular weight is 643 g/mol. The van der Waals surface area contributed by atoms with Gasteiger partial charge in [-0.1, -0.05) is 160 Å². The smallest absolute Gasteiger partial charge is 0.00946 e. The summed E-state index contributed by atoms with van der Waals surface area (Å²) >= 11 is 0. The van der Waals surface area contributed by atoms with E-state index in [0.717, 1.165) is 46.8 Å². The van der Waals surface area contributed by atoms with Crippen LogP contribution in [0.3, 0.4) is 0 Å². The van der Waals surface area contributed by atoms with Gasteiger partial charge in [0, 0.05) is 0 Å². The van der Waals surface area contributed by atoms with Crippen molar-refractivity contribution >= 4 is 37.1 Å². The summed E-state index contributed by atoms with van der Waals surface area (Å²) < 4.78 is 0. The van der Waals surface area contributed by atoms with Crippen molar-refractivity contribution in [3.8, 4) is 0 Å². The zero-order valence-electron chi connectivity index (χ0n) is 27.5. The molecular weight excluding hydrogens is 590 g/mol. The van der Waals surface area contributed by atoms with Gasteiger partial charge in [-0.05, 0) is 122 Å². The quantitative estimate of drug-likeness (QED) is 0.176. The largest absolute Gasteiger partial charge is 0.0622 e. The molecule has 4 aliphatic rings. The number of rotatable bonds is 7. The molecule has 8 rings (SSSR count). The molecular formula is C44H52P2. The Bertz CT molecular complexity index is 1310. The van der Waals surface area contributed by atoms with Crippen LogP contribution in [0.15, 0.2) is 121 Å². The number of fused-ring (bicyclic) bond motifs is 2. The maximum absolute atomic E-state index is 2.49. The van der Waals surface area contributed by atoms with Crippen LogP contribution in [-0.2, 0) is 0 Å². The lowest BCUT2D eigenvalue weighted by molar-refractivity contribution is -0.00266. The molecule has 0 N–H and O–H groups in total. The van der Waals surface area contributed by atoms with Crippen molar-refractivity contribution in [2.24, 2.45) is 35.5 Å². The Labute approximate surface area is 281 Å². The fourth-order valence-electron chi connectivity index (χ4n) is 11.0. The molecule has 4 aromatic carbocycles. The minimum Gasteiger partial charge on any atom is -0.0622 e. The summed E-state index contributed by atoms with van der Waals surface area (Å²) in [5, 5.41) is 6.48. The molecule has 4 aliphatic carbocycles. The monoisotopic (exact) mass is 642 g/mol. The first-order chi connectivity index (χ1) is 22.9. The highest BCUT2D eigenvalue weighted by molar-refractivity contribution is 7.74. The molecule has 0 aromatic heterocycles. The maximum Gasteiger partial charge on any atom is -0.00946 e. The zero-order valence-corrected chi connectivity index (χ0v) is 29.3. The van der Waals surface area contributed by atoms with E-state index in [-0.39, 0.29) is 0 Å². The first-order valence-electron chi connectivity index (χ1n) is 18.7. The van der Waals surface area contributed by atoms with Crippen LogP contribution in [0.5, 0.6) is 0 Å². The van der Waals surface area contributed by atoms with E-state index in [1.54, 1.807) is 21.2 Å². The van der Waals surface area contributed by atoms with Crippen LogP contribution in [0.25, 0.3) is 0 Å². The van der Waals surface area contributed by atoms with Gasteiger partial charge in [0.15, 0.2) is 0 Å². The van der Waals surface area contributed by atoms with Crippen molar-refractivity contribution in [2.75, 3.05) is 0 Å². The van der Waals surface area contributed by atoms with Crippen molar-refractivity contribution < 1.29 is 0 Å². The number of hydrogen-bond donors (Lipinski definition) is 0. The zero-order chi connectivity index (χ0) is 30.7. The molecule has 0 bridgehead atoms. The highest BCUT2D eigenvalue weighted by atomic mass is 31.1. The number of benzene rings is 4. The molecule has 0 amide bonds. The third kappa shape index (κ3) is 6.20. The van der Waals surface area contributed by atoms with Crippen LogP contribution in [0, 0.1) is 35.5 Å². The Kier molecular flexibility index (Phi) is 9.76. The maximum atomic E-state index is 2.49. The third-order valence-electron chi connectivity index (χ3n) is 12.7. The van der Waals surface area contributed by atoms with Crippen LogP contribution in [0.4, 0.5) is 0 Å². The minimum absolute atomic E-state index is 0.430. The second-order valence-electron chi connectivity index (χ2n) is 14.9.